The van der Waals surface area contributed by atoms with Crippen LogP contribution in [0.4, 0.5) is 16.2 Å². The molecule has 2 N–H and O–H groups in total. The van der Waals surface area contributed by atoms with E-state index in [2.05, 4.69) is 15.7 Å². The minimum Gasteiger partial charge on any atom is -0.308 e. The van der Waals surface area contributed by atoms with Crippen LogP contribution in [0.5, 0.6) is 0 Å². The lowest BCUT2D eigenvalue weighted by Crippen LogP contribution is -2.19. The van der Waals surface area contributed by atoms with Gasteiger partial charge in [0.15, 0.2) is 0 Å². The maximum atomic E-state index is 12.2. The van der Waals surface area contributed by atoms with Gasteiger partial charge in [-0.25, -0.2) is 9.48 Å². The maximum absolute atomic E-state index is 12.2. The summed E-state index contributed by atoms with van der Waals surface area (Å²) in [4.78, 5) is 23.6. The Bertz CT molecular complexity index is 1010. The number of carbonyl (C=O) groups excluding carboxylic acids is 1. The maximum Gasteiger partial charge on any atom is 0.323 e. The van der Waals surface area contributed by atoms with Crippen molar-refractivity contribution in [3.8, 4) is 11.3 Å². The lowest BCUT2D eigenvalue weighted by Gasteiger charge is -2.10. The Morgan fingerprint density at radius 2 is 1.77 bits per heavy atom. The Hall–Kier alpha value is -3.12. The number of aromatic nitrogens is 2. The highest BCUT2D eigenvalue weighted by atomic mass is 35.5. The molecule has 0 spiro atoms. The minimum atomic E-state index is -0.384. The van der Waals surface area contributed by atoms with E-state index >= 15 is 0 Å². The Morgan fingerprint density at radius 1 is 1.04 bits per heavy atom. The van der Waals surface area contributed by atoms with Gasteiger partial charge in [-0.05, 0) is 42.8 Å². The summed E-state index contributed by atoms with van der Waals surface area (Å²) >= 11 is 6.08. The number of nitrogens with one attached hydrogen (secondary N) is 2. The highest BCUT2D eigenvalue weighted by molar-refractivity contribution is 6.33. The van der Waals surface area contributed by atoms with E-state index in [0.717, 1.165) is 11.1 Å². The third-order valence-electron chi connectivity index (χ3n) is 3.77. The number of halogens is 1. The van der Waals surface area contributed by atoms with Crippen molar-refractivity contribution in [2.75, 3.05) is 10.6 Å². The summed E-state index contributed by atoms with van der Waals surface area (Å²) < 4.78 is 1.28. The number of hydrogen-bond donors (Lipinski definition) is 2. The normalized spacial score (nSPS) is 10.4. The lowest BCUT2D eigenvalue weighted by molar-refractivity contribution is 0.262. The molecule has 0 saturated heterocycles. The third kappa shape index (κ3) is 4.10. The van der Waals surface area contributed by atoms with Crippen LogP contribution in [0, 0.1) is 6.92 Å². The number of carbonyl (C=O) groups is 1. The summed E-state index contributed by atoms with van der Waals surface area (Å²) in [5, 5.41) is 10.2. The highest BCUT2D eigenvalue weighted by Gasteiger charge is 2.07. The van der Waals surface area contributed by atoms with Crippen LogP contribution < -0.4 is 16.2 Å². The van der Waals surface area contributed by atoms with Crippen molar-refractivity contribution in [2.24, 2.45) is 7.05 Å². The van der Waals surface area contributed by atoms with Gasteiger partial charge >= 0.3 is 6.03 Å². The highest BCUT2D eigenvalue weighted by Crippen LogP contribution is 2.23. The van der Waals surface area contributed by atoms with Crippen LogP contribution in [0.15, 0.2) is 59.4 Å². The summed E-state index contributed by atoms with van der Waals surface area (Å²) in [6, 6.07) is 15.3. The van der Waals surface area contributed by atoms with Crippen molar-refractivity contribution in [1.82, 2.24) is 9.78 Å². The molecular formula is C19H17ClN4O2. The van der Waals surface area contributed by atoms with Crippen LogP contribution >= 0.6 is 11.6 Å². The second kappa shape index (κ2) is 7.41. The van der Waals surface area contributed by atoms with Gasteiger partial charge in [-0.1, -0.05) is 29.8 Å². The van der Waals surface area contributed by atoms with E-state index < -0.39 is 0 Å². The van der Waals surface area contributed by atoms with Gasteiger partial charge in [-0.3, -0.25) is 4.79 Å². The van der Waals surface area contributed by atoms with E-state index in [-0.39, 0.29) is 11.6 Å². The van der Waals surface area contributed by atoms with Crippen LogP contribution in [-0.4, -0.2) is 15.8 Å². The second-order valence-electron chi connectivity index (χ2n) is 5.82. The quantitative estimate of drug-likeness (QED) is 0.732. The monoisotopic (exact) mass is 368 g/mol. The number of nitrogens with zero attached hydrogens (tertiary/aromatic N) is 2. The molecule has 7 heteroatoms. The first-order valence-electron chi connectivity index (χ1n) is 7.91. The van der Waals surface area contributed by atoms with Crippen molar-refractivity contribution >= 4 is 29.0 Å². The van der Waals surface area contributed by atoms with E-state index in [4.69, 9.17) is 11.6 Å². The zero-order valence-corrected chi connectivity index (χ0v) is 15.0. The van der Waals surface area contributed by atoms with Crippen molar-refractivity contribution < 1.29 is 4.79 Å². The van der Waals surface area contributed by atoms with E-state index in [1.54, 1.807) is 37.4 Å². The number of anilines is 2. The van der Waals surface area contributed by atoms with Crippen LogP contribution in [0.3, 0.4) is 0 Å². The zero-order valence-electron chi connectivity index (χ0n) is 14.3. The first kappa shape index (κ1) is 17.7. The van der Waals surface area contributed by atoms with Gasteiger partial charge in [-0.2, -0.15) is 5.10 Å². The summed E-state index contributed by atoms with van der Waals surface area (Å²) in [6.07, 6.45) is 0. The predicted octanol–water partition coefficient (Wildman–Crippen LogP) is 4.05. The molecule has 3 rings (SSSR count). The van der Waals surface area contributed by atoms with Crippen molar-refractivity contribution in [1.29, 1.82) is 0 Å². The topological polar surface area (TPSA) is 76.0 Å². The fraction of sp³-hybridized carbons (Fsp3) is 0.105. The molecule has 3 aromatic rings. The largest absolute Gasteiger partial charge is 0.323 e. The smallest absolute Gasteiger partial charge is 0.308 e. The average molecular weight is 369 g/mol. The number of amides is 2. The molecule has 26 heavy (non-hydrogen) atoms. The van der Waals surface area contributed by atoms with E-state index in [1.807, 2.05) is 25.1 Å². The minimum absolute atomic E-state index is 0.168. The Morgan fingerprint density at radius 3 is 2.46 bits per heavy atom. The molecular weight excluding hydrogens is 352 g/mol. The van der Waals surface area contributed by atoms with E-state index in [9.17, 15) is 9.59 Å². The van der Waals surface area contributed by atoms with Crippen molar-refractivity contribution in [3.05, 3.63) is 75.5 Å². The Kier molecular flexibility index (Phi) is 5.04. The van der Waals surface area contributed by atoms with Crippen LogP contribution in [0.1, 0.15) is 5.56 Å². The molecule has 0 saturated carbocycles. The fourth-order valence-electron chi connectivity index (χ4n) is 2.40. The molecule has 1 aromatic heterocycles. The molecule has 0 fully saturated rings. The molecule has 0 aliphatic carbocycles. The number of urea groups is 1. The molecule has 2 aromatic carbocycles. The van der Waals surface area contributed by atoms with Gasteiger partial charge in [0.05, 0.1) is 16.4 Å². The number of aryl methyl sites for hydroxylation is 2. The summed E-state index contributed by atoms with van der Waals surface area (Å²) in [6.45, 7) is 1.92. The molecule has 0 aliphatic rings. The summed E-state index contributed by atoms with van der Waals surface area (Å²) in [5.41, 5.74) is 3.52. The number of hydrogen-bond acceptors (Lipinski definition) is 3. The van der Waals surface area contributed by atoms with Gasteiger partial charge in [0, 0.05) is 24.4 Å². The van der Waals surface area contributed by atoms with E-state index in [0.29, 0.717) is 22.1 Å². The Balaban J connectivity index is 1.70. The lowest BCUT2D eigenvalue weighted by atomic mass is 10.1. The first-order chi connectivity index (χ1) is 12.4. The van der Waals surface area contributed by atoms with Crippen LogP contribution in [0.25, 0.3) is 11.3 Å². The van der Waals surface area contributed by atoms with Gasteiger partial charge in [-0.15, -0.1) is 0 Å². The average Bonchev–Trinajstić information content (AvgIpc) is 2.61. The van der Waals surface area contributed by atoms with E-state index in [1.165, 1.54) is 10.7 Å². The van der Waals surface area contributed by atoms with Crippen LogP contribution in [-0.2, 0) is 7.05 Å². The molecule has 132 valence electrons. The standard InChI is InChI=1S/C19H17ClN4O2/c1-12-3-8-15(20)17(11-12)22-19(26)21-14-6-4-13(5-7-14)16-9-10-18(25)24(2)23-16/h3-11H,1-2H3,(H2,21,22,26). The molecule has 0 radical (unpaired) electrons. The number of benzene rings is 2. The second-order valence-corrected chi connectivity index (χ2v) is 6.23. The van der Waals surface area contributed by atoms with Crippen LogP contribution in [0.2, 0.25) is 5.02 Å². The molecule has 0 atom stereocenters. The SMILES string of the molecule is Cc1ccc(Cl)c(NC(=O)Nc2ccc(-c3ccc(=O)n(C)n3)cc2)c1. The molecule has 0 aliphatic heterocycles. The first-order valence-corrected chi connectivity index (χ1v) is 8.29. The molecule has 2 amide bonds. The molecule has 6 nitrogen and oxygen atoms in total. The number of rotatable bonds is 3. The van der Waals surface area contributed by atoms with Gasteiger partial charge < -0.3 is 10.6 Å². The zero-order chi connectivity index (χ0) is 18.7. The fourth-order valence-corrected chi connectivity index (χ4v) is 2.56. The third-order valence-corrected chi connectivity index (χ3v) is 4.10. The summed E-state index contributed by atoms with van der Waals surface area (Å²) in [5.74, 6) is 0. The van der Waals surface area contributed by atoms with Gasteiger partial charge in [0.25, 0.3) is 5.56 Å². The molecule has 0 bridgehead atoms. The summed E-state index contributed by atoms with van der Waals surface area (Å²) in [7, 11) is 1.60. The molecule has 1 heterocycles. The Labute approximate surface area is 155 Å². The van der Waals surface area contributed by atoms with Gasteiger partial charge in [0.2, 0.25) is 0 Å². The van der Waals surface area contributed by atoms with Crippen molar-refractivity contribution in [3.63, 3.8) is 0 Å². The molecule has 0 unspecified atom stereocenters. The predicted molar refractivity (Wildman–Crippen MR) is 104 cm³/mol. The van der Waals surface area contributed by atoms with Gasteiger partial charge in [0.1, 0.15) is 0 Å². The van der Waals surface area contributed by atoms with Crippen molar-refractivity contribution in [2.45, 2.75) is 6.92 Å².